The van der Waals surface area contributed by atoms with E-state index < -0.39 is 0 Å². The van der Waals surface area contributed by atoms with Gasteiger partial charge in [-0.1, -0.05) is 11.6 Å². The smallest absolute Gasteiger partial charge is 0.133 e. The highest BCUT2D eigenvalue weighted by molar-refractivity contribution is 6.30. The summed E-state index contributed by atoms with van der Waals surface area (Å²) in [5.74, 6) is 0.102. The summed E-state index contributed by atoms with van der Waals surface area (Å²) >= 11 is 5.65. The SMILES string of the molecule is NC1=NN=C(c2ccc(Cl)cc2F)CC1. The lowest BCUT2D eigenvalue weighted by molar-refractivity contribution is 0.624. The van der Waals surface area contributed by atoms with Crippen molar-refractivity contribution in [1.82, 2.24) is 0 Å². The van der Waals surface area contributed by atoms with Gasteiger partial charge in [-0.25, -0.2) is 4.39 Å². The predicted molar refractivity (Wildman–Crippen MR) is 58.8 cm³/mol. The third-order valence-corrected chi connectivity index (χ3v) is 2.39. The summed E-state index contributed by atoms with van der Waals surface area (Å²) < 4.78 is 13.5. The Labute approximate surface area is 91.5 Å². The summed E-state index contributed by atoms with van der Waals surface area (Å²) in [5, 5.41) is 7.97. The lowest BCUT2D eigenvalue weighted by atomic mass is 10.0. The average molecular weight is 226 g/mol. The van der Waals surface area contributed by atoms with Crippen LogP contribution in [0.4, 0.5) is 4.39 Å². The number of benzene rings is 1. The summed E-state index contributed by atoms with van der Waals surface area (Å²) in [6.07, 6.45) is 1.22. The maximum absolute atomic E-state index is 13.5. The van der Waals surface area contributed by atoms with Crippen LogP contribution in [0.5, 0.6) is 0 Å². The summed E-state index contributed by atoms with van der Waals surface area (Å²) in [4.78, 5) is 0. The van der Waals surface area contributed by atoms with Crippen LogP contribution in [0.25, 0.3) is 0 Å². The number of nitrogens with zero attached hydrogens (tertiary/aromatic N) is 2. The van der Waals surface area contributed by atoms with Gasteiger partial charge in [0, 0.05) is 17.0 Å². The molecule has 0 amide bonds. The molecule has 0 aliphatic carbocycles. The standard InChI is InChI=1S/C10H9ClFN3/c11-6-1-2-7(8(12)5-6)9-3-4-10(13)15-14-9/h1-2,5H,3-4H2,(H2,13,15). The summed E-state index contributed by atoms with van der Waals surface area (Å²) in [5.41, 5.74) is 6.52. The summed E-state index contributed by atoms with van der Waals surface area (Å²) in [6, 6.07) is 4.50. The third kappa shape index (κ3) is 2.15. The molecule has 5 heteroatoms. The van der Waals surface area contributed by atoms with E-state index in [9.17, 15) is 4.39 Å². The number of nitrogens with two attached hydrogens (primary N) is 1. The highest BCUT2D eigenvalue weighted by Gasteiger charge is 2.13. The maximum atomic E-state index is 13.5. The monoisotopic (exact) mass is 225 g/mol. The van der Waals surface area contributed by atoms with Crippen LogP contribution in [0.2, 0.25) is 5.02 Å². The zero-order valence-electron chi connectivity index (χ0n) is 7.87. The van der Waals surface area contributed by atoms with Crippen molar-refractivity contribution >= 4 is 23.1 Å². The Hall–Kier alpha value is -1.42. The minimum absolute atomic E-state index is 0.371. The van der Waals surface area contributed by atoms with Crippen LogP contribution < -0.4 is 5.73 Å². The minimum atomic E-state index is -0.378. The van der Waals surface area contributed by atoms with Gasteiger partial charge in [-0.2, -0.15) is 5.10 Å². The molecule has 0 aromatic heterocycles. The van der Waals surface area contributed by atoms with Gasteiger partial charge in [0.2, 0.25) is 0 Å². The van der Waals surface area contributed by atoms with Gasteiger partial charge in [0.25, 0.3) is 0 Å². The molecule has 78 valence electrons. The molecular formula is C10H9ClFN3. The van der Waals surface area contributed by atoms with Crippen molar-refractivity contribution in [3.63, 3.8) is 0 Å². The molecule has 1 aliphatic rings. The van der Waals surface area contributed by atoms with E-state index >= 15 is 0 Å². The van der Waals surface area contributed by atoms with Crippen LogP contribution in [0.3, 0.4) is 0 Å². The van der Waals surface area contributed by atoms with E-state index in [1.807, 2.05) is 0 Å². The molecule has 3 nitrogen and oxygen atoms in total. The highest BCUT2D eigenvalue weighted by atomic mass is 35.5. The third-order valence-electron chi connectivity index (χ3n) is 2.16. The van der Waals surface area contributed by atoms with E-state index in [1.165, 1.54) is 6.07 Å². The first-order valence-corrected chi connectivity index (χ1v) is 4.89. The highest BCUT2D eigenvalue weighted by Crippen LogP contribution is 2.18. The van der Waals surface area contributed by atoms with Crippen molar-refractivity contribution in [2.24, 2.45) is 15.9 Å². The fourth-order valence-electron chi connectivity index (χ4n) is 1.38. The first kappa shape index (κ1) is 10.1. The molecule has 0 bridgehead atoms. The van der Waals surface area contributed by atoms with E-state index in [2.05, 4.69) is 10.2 Å². The fraction of sp³-hybridized carbons (Fsp3) is 0.200. The first-order chi connectivity index (χ1) is 7.16. The Balaban J connectivity index is 2.38. The van der Waals surface area contributed by atoms with Crippen molar-refractivity contribution in [3.05, 3.63) is 34.6 Å². The number of hydrogen-bond acceptors (Lipinski definition) is 3. The second-order valence-corrected chi connectivity index (χ2v) is 3.70. The van der Waals surface area contributed by atoms with E-state index in [-0.39, 0.29) is 5.82 Å². The van der Waals surface area contributed by atoms with E-state index in [0.717, 1.165) is 0 Å². The topological polar surface area (TPSA) is 50.7 Å². The molecule has 2 rings (SSSR count). The zero-order chi connectivity index (χ0) is 10.8. The van der Waals surface area contributed by atoms with Gasteiger partial charge in [0.1, 0.15) is 11.7 Å². The molecule has 0 radical (unpaired) electrons. The predicted octanol–water partition coefficient (Wildman–Crippen LogP) is 2.33. The normalized spacial score (nSPS) is 15.9. The van der Waals surface area contributed by atoms with Crippen molar-refractivity contribution in [2.75, 3.05) is 0 Å². The molecule has 1 aromatic rings. The van der Waals surface area contributed by atoms with Crippen LogP contribution in [-0.4, -0.2) is 11.5 Å². The number of hydrogen-bond donors (Lipinski definition) is 1. The largest absolute Gasteiger partial charge is 0.386 e. The Morgan fingerprint density at radius 1 is 1.27 bits per heavy atom. The number of amidine groups is 1. The second kappa shape index (κ2) is 3.98. The number of halogens is 2. The Kier molecular flexibility index (Phi) is 2.68. The molecule has 0 unspecified atom stereocenters. The molecule has 0 saturated heterocycles. The molecule has 0 saturated carbocycles. The summed E-state index contributed by atoms with van der Waals surface area (Å²) in [6.45, 7) is 0. The van der Waals surface area contributed by atoms with Crippen molar-refractivity contribution < 1.29 is 4.39 Å². The average Bonchev–Trinajstić information content (AvgIpc) is 2.20. The quantitative estimate of drug-likeness (QED) is 0.784. The molecule has 1 heterocycles. The lowest BCUT2D eigenvalue weighted by Crippen LogP contribution is -2.18. The van der Waals surface area contributed by atoms with Gasteiger partial charge < -0.3 is 5.73 Å². The molecule has 0 spiro atoms. The van der Waals surface area contributed by atoms with Crippen molar-refractivity contribution in [3.8, 4) is 0 Å². The van der Waals surface area contributed by atoms with Gasteiger partial charge in [-0.15, -0.1) is 5.10 Å². The fourth-order valence-corrected chi connectivity index (χ4v) is 1.54. The van der Waals surface area contributed by atoms with E-state index in [4.69, 9.17) is 17.3 Å². The van der Waals surface area contributed by atoms with Crippen LogP contribution in [-0.2, 0) is 0 Å². The molecular weight excluding hydrogens is 217 g/mol. The number of rotatable bonds is 1. The van der Waals surface area contributed by atoms with Crippen molar-refractivity contribution in [1.29, 1.82) is 0 Å². The first-order valence-electron chi connectivity index (χ1n) is 4.51. The molecule has 15 heavy (non-hydrogen) atoms. The van der Waals surface area contributed by atoms with Crippen LogP contribution in [0, 0.1) is 5.82 Å². The minimum Gasteiger partial charge on any atom is -0.386 e. The Bertz CT molecular complexity index is 454. The maximum Gasteiger partial charge on any atom is 0.133 e. The molecule has 0 atom stereocenters. The molecule has 0 fully saturated rings. The van der Waals surface area contributed by atoms with Gasteiger partial charge in [0.15, 0.2) is 0 Å². The molecule has 1 aliphatic heterocycles. The van der Waals surface area contributed by atoms with E-state index in [1.54, 1.807) is 12.1 Å². The summed E-state index contributed by atoms with van der Waals surface area (Å²) in [7, 11) is 0. The second-order valence-electron chi connectivity index (χ2n) is 3.26. The van der Waals surface area contributed by atoms with Gasteiger partial charge in [-0.05, 0) is 24.6 Å². The van der Waals surface area contributed by atoms with Crippen LogP contribution in [0.1, 0.15) is 18.4 Å². The molecule has 1 aromatic carbocycles. The Morgan fingerprint density at radius 3 is 2.67 bits per heavy atom. The van der Waals surface area contributed by atoms with Gasteiger partial charge >= 0.3 is 0 Å². The van der Waals surface area contributed by atoms with Crippen molar-refractivity contribution in [2.45, 2.75) is 12.8 Å². The Morgan fingerprint density at radius 2 is 2.07 bits per heavy atom. The zero-order valence-corrected chi connectivity index (χ0v) is 8.63. The van der Waals surface area contributed by atoms with Gasteiger partial charge in [-0.3, -0.25) is 0 Å². The lowest BCUT2D eigenvalue weighted by Gasteiger charge is -2.10. The van der Waals surface area contributed by atoms with Crippen LogP contribution >= 0.6 is 11.6 Å². The van der Waals surface area contributed by atoms with Crippen LogP contribution in [0.15, 0.2) is 28.4 Å². The van der Waals surface area contributed by atoms with E-state index in [0.29, 0.717) is 35.0 Å². The molecule has 2 N–H and O–H groups in total. The van der Waals surface area contributed by atoms with Gasteiger partial charge in [0.05, 0.1) is 5.71 Å².